The summed E-state index contributed by atoms with van der Waals surface area (Å²) in [5.74, 6) is 0.757. The highest BCUT2D eigenvalue weighted by Gasteiger charge is 2.07. The number of primary sulfonamides is 1. The molecule has 0 radical (unpaired) electrons. The highest BCUT2D eigenvalue weighted by atomic mass is 32.2. The van der Waals surface area contributed by atoms with E-state index in [1.54, 1.807) is 12.1 Å². The van der Waals surface area contributed by atoms with Crippen molar-refractivity contribution in [3.8, 4) is 0 Å². The highest BCUT2D eigenvalue weighted by molar-refractivity contribution is 7.89. The van der Waals surface area contributed by atoms with Crippen LogP contribution >= 0.6 is 0 Å². The summed E-state index contributed by atoms with van der Waals surface area (Å²) >= 11 is 0. The Morgan fingerprint density at radius 1 is 1.12 bits per heavy atom. The van der Waals surface area contributed by atoms with Crippen LogP contribution < -0.4 is 5.14 Å². The molecule has 0 aliphatic heterocycles. The van der Waals surface area contributed by atoms with Crippen LogP contribution in [-0.4, -0.2) is 8.42 Å². The van der Waals surface area contributed by atoms with Crippen molar-refractivity contribution < 1.29 is 8.42 Å². The number of benzene rings is 1. The van der Waals surface area contributed by atoms with Crippen LogP contribution in [-0.2, 0) is 16.4 Å². The van der Waals surface area contributed by atoms with Gasteiger partial charge in [-0.3, -0.25) is 0 Å². The van der Waals surface area contributed by atoms with Gasteiger partial charge in [0.05, 0.1) is 4.90 Å². The summed E-state index contributed by atoms with van der Waals surface area (Å²) in [4.78, 5) is 0.184. The molecule has 0 aromatic heterocycles. The van der Waals surface area contributed by atoms with Crippen molar-refractivity contribution in [2.24, 2.45) is 11.1 Å². The summed E-state index contributed by atoms with van der Waals surface area (Å²) in [6.45, 7) is 4.41. The molecule has 1 aromatic rings. The van der Waals surface area contributed by atoms with Crippen molar-refractivity contribution in [2.45, 2.75) is 44.4 Å². The van der Waals surface area contributed by atoms with Crippen LogP contribution in [0.2, 0.25) is 0 Å². The zero-order valence-corrected chi connectivity index (χ0v) is 11.3. The van der Waals surface area contributed by atoms with Gasteiger partial charge in [-0.1, -0.05) is 38.8 Å². The molecule has 0 saturated carbocycles. The lowest BCUT2D eigenvalue weighted by atomic mass is 9.95. The van der Waals surface area contributed by atoms with Gasteiger partial charge >= 0.3 is 0 Å². The third kappa shape index (κ3) is 4.48. The second-order valence-electron chi connectivity index (χ2n) is 4.41. The summed E-state index contributed by atoms with van der Waals surface area (Å²) in [5, 5.41) is 5.04. The molecule has 0 fully saturated rings. The van der Waals surface area contributed by atoms with Crippen LogP contribution in [0.15, 0.2) is 29.2 Å². The van der Waals surface area contributed by atoms with Gasteiger partial charge in [0.15, 0.2) is 0 Å². The Kier molecular flexibility index (Phi) is 5.15. The molecule has 0 aliphatic carbocycles. The van der Waals surface area contributed by atoms with Crippen molar-refractivity contribution in [1.29, 1.82) is 0 Å². The van der Waals surface area contributed by atoms with Gasteiger partial charge in [-0.25, -0.2) is 13.6 Å². The Hall–Kier alpha value is -0.870. The fraction of sp³-hybridized carbons (Fsp3) is 0.538. The smallest absolute Gasteiger partial charge is 0.225 e. The molecule has 96 valence electrons. The Bertz CT molecular complexity index is 433. The zero-order valence-electron chi connectivity index (χ0n) is 10.5. The minimum Gasteiger partial charge on any atom is -0.225 e. The number of nitrogens with two attached hydrogens (primary N) is 1. The van der Waals surface area contributed by atoms with Gasteiger partial charge in [0.1, 0.15) is 0 Å². The average Bonchev–Trinajstić information content (AvgIpc) is 2.30. The van der Waals surface area contributed by atoms with Gasteiger partial charge in [-0.15, -0.1) is 0 Å². The molecule has 2 N–H and O–H groups in total. The molecule has 3 nitrogen and oxygen atoms in total. The molecule has 1 aromatic carbocycles. The molecular formula is C13H21NO2S. The Morgan fingerprint density at radius 2 is 1.65 bits per heavy atom. The van der Waals surface area contributed by atoms with E-state index in [1.165, 1.54) is 18.4 Å². The van der Waals surface area contributed by atoms with Gasteiger partial charge in [0.25, 0.3) is 0 Å². The summed E-state index contributed by atoms with van der Waals surface area (Å²) in [5.41, 5.74) is 1.17. The van der Waals surface area contributed by atoms with Crippen LogP contribution in [0, 0.1) is 5.92 Å². The topological polar surface area (TPSA) is 60.2 Å². The molecule has 4 heteroatoms. The van der Waals surface area contributed by atoms with Crippen LogP contribution in [0.25, 0.3) is 0 Å². The molecule has 0 bridgehead atoms. The first-order chi connectivity index (χ1) is 7.97. The molecule has 0 atom stereocenters. The standard InChI is InChI=1S/C13H21NO2S/c1-3-11(4-2)5-6-12-7-9-13(10-8-12)17(14,15)16/h7-11H,3-6H2,1-2H3,(H2,14,15,16). The molecule has 0 heterocycles. The van der Waals surface area contributed by atoms with E-state index in [2.05, 4.69) is 13.8 Å². The maximum Gasteiger partial charge on any atom is 0.238 e. The fourth-order valence-electron chi connectivity index (χ4n) is 1.91. The fourth-order valence-corrected chi connectivity index (χ4v) is 2.43. The van der Waals surface area contributed by atoms with Gasteiger partial charge in [-0.05, 0) is 36.5 Å². The predicted octanol–water partition coefficient (Wildman–Crippen LogP) is 2.70. The summed E-state index contributed by atoms with van der Waals surface area (Å²) in [6, 6.07) is 6.86. The lowest BCUT2D eigenvalue weighted by Gasteiger charge is -2.11. The summed E-state index contributed by atoms with van der Waals surface area (Å²) in [7, 11) is -3.56. The van der Waals surface area contributed by atoms with Crippen LogP contribution in [0.1, 0.15) is 38.7 Å². The van der Waals surface area contributed by atoms with E-state index in [9.17, 15) is 8.42 Å². The van der Waals surface area contributed by atoms with Crippen molar-refractivity contribution in [3.05, 3.63) is 29.8 Å². The van der Waals surface area contributed by atoms with Crippen LogP contribution in [0.5, 0.6) is 0 Å². The van der Waals surface area contributed by atoms with Crippen molar-refractivity contribution in [2.75, 3.05) is 0 Å². The Labute approximate surface area is 104 Å². The van der Waals surface area contributed by atoms with Crippen molar-refractivity contribution >= 4 is 10.0 Å². The monoisotopic (exact) mass is 255 g/mol. The van der Waals surface area contributed by atoms with E-state index < -0.39 is 10.0 Å². The second-order valence-corrected chi connectivity index (χ2v) is 5.97. The molecule has 0 saturated heterocycles. The minimum atomic E-state index is -3.56. The lowest BCUT2D eigenvalue weighted by molar-refractivity contribution is 0.456. The quantitative estimate of drug-likeness (QED) is 0.849. The first-order valence-electron chi connectivity index (χ1n) is 6.09. The van der Waals surface area contributed by atoms with Gasteiger partial charge in [-0.2, -0.15) is 0 Å². The average molecular weight is 255 g/mol. The van der Waals surface area contributed by atoms with E-state index in [-0.39, 0.29) is 4.90 Å². The number of aryl methyl sites for hydroxylation is 1. The van der Waals surface area contributed by atoms with Crippen LogP contribution in [0.3, 0.4) is 0 Å². The number of sulfonamides is 1. The number of rotatable bonds is 6. The largest absolute Gasteiger partial charge is 0.238 e. The second kappa shape index (κ2) is 6.17. The molecule has 1 rings (SSSR count). The summed E-state index contributed by atoms with van der Waals surface area (Å²) in [6.07, 6.45) is 4.55. The lowest BCUT2D eigenvalue weighted by Crippen LogP contribution is -2.11. The first-order valence-corrected chi connectivity index (χ1v) is 7.63. The Morgan fingerprint density at radius 3 is 2.06 bits per heavy atom. The molecule has 0 aliphatic rings. The SMILES string of the molecule is CCC(CC)CCc1ccc(S(N)(=O)=O)cc1. The van der Waals surface area contributed by atoms with E-state index in [4.69, 9.17) is 5.14 Å². The van der Waals surface area contributed by atoms with Gasteiger partial charge in [0, 0.05) is 0 Å². The number of hydrogen-bond acceptors (Lipinski definition) is 2. The molecule has 0 amide bonds. The highest BCUT2D eigenvalue weighted by Crippen LogP contribution is 2.17. The summed E-state index contributed by atoms with van der Waals surface area (Å²) < 4.78 is 22.2. The third-order valence-electron chi connectivity index (χ3n) is 3.25. The maximum absolute atomic E-state index is 11.1. The minimum absolute atomic E-state index is 0.184. The number of hydrogen-bond donors (Lipinski definition) is 1. The van der Waals surface area contributed by atoms with Crippen molar-refractivity contribution in [1.82, 2.24) is 0 Å². The Balaban J connectivity index is 2.63. The first kappa shape index (κ1) is 14.2. The van der Waals surface area contributed by atoms with Gasteiger partial charge < -0.3 is 0 Å². The molecule has 17 heavy (non-hydrogen) atoms. The maximum atomic E-state index is 11.1. The zero-order chi connectivity index (χ0) is 12.9. The molecule has 0 unspecified atom stereocenters. The normalized spacial score (nSPS) is 12.0. The van der Waals surface area contributed by atoms with E-state index in [0.29, 0.717) is 0 Å². The molecular weight excluding hydrogens is 234 g/mol. The predicted molar refractivity (Wildman–Crippen MR) is 70.2 cm³/mol. The van der Waals surface area contributed by atoms with E-state index in [0.717, 1.165) is 18.8 Å². The molecule has 0 spiro atoms. The van der Waals surface area contributed by atoms with Crippen molar-refractivity contribution in [3.63, 3.8) is 0 Å². The van der Waals surface area contributed by atoms with E-state index in [1.807, 2.05) is 12.1 Å². The van der Waals surface area contributed by atoms with E-state index >= 15 is 0 Å². The van der Waals surface area contributed by atoms with Crippen LogP contribution in [0.4, 0.5) is 0 Å². The van der Waals surface area contributed by atoms with Gasteiger partial charge in [0.2, 0.25) is 10.0 Å². The third-order valence-corrected chi connectivity index (χ3v) is 4.18.